The number of likely N-dealkylation sites (tertiary alicyclic amines) is 1. The number of hydrogen-bond acceptors (Lipinski definition) is 4. The van der Waals surface area contributed by atoms with Crippen molar-refractivity contribution in [1.29, 1.82) is 0 Å². The fraction of sp³-hybridized carbons (Fsp3) is 0.389. The van der Waals surface area contributed by atoms with Gasteiger partial charge in [0.2, 0.25) is 15.9 Å². The van der Waals surface area contributed by atoms with Crippen LogP contribution in [0.25, 0.3) is 0 Å². The van der Waals surface area contributed by atoms with Crippen LogP contribution in [0.1, 0.15) is 24.8 Å². The standard InChI is InChI=1S/C18H20F2N2O3S2/c19-15-5-3-13(12-16(15)20)4-6-17(23)22-9-7-14(8-10-22)21-27(24,25)18-2-1-11-26-18/h1-3,5,11-12,14,21H,4,6-10H2. The van der Waals surface area contributed by atoms with Crippen LogP contribution in [0.2, 0.25) is 0 Å². The van der Waals surface area contributed by atoms with Gasteiger partial charge in [-0.3, -0.25) is 4.79 Å². The number of nitrogens with one attached hydrogen (secondary N) is 1. The highest BCUT2D eigenvalue weighted by atomic mass is 32.2. The van der Waals surface area contributed by atoms with Crippen LogP contribution in [0.5, 0.6) is 0 Å². The zero-order valence-electron chi connectivity index (χ0n) is 14.5. The summed E-state index contributed by atoms with van der Waals surface area (Å²) in [5, 5.41) is 1.71. The second-order valence-electron chi connectivity index (χ2n) is 6.46. The number of benzene rings is 1. The van der Waals surface area contributed by atoms with Gasteiger partial charge in [-0.05, 0) is 48.4 Å². The highest BCUT2D eigenvalue weighted by Crippen LogP contribution is 2.19. The Morgan fingerprint density at radius 3 is 2.56 bits per heavy atom. The van der Waals surface area contributed by atoms with Crippen LogP contribution < -0.4 is 4.72 Å². The van der Waals surface area contributed by atoms with Gasteiger partial charge in [0.1, 0.15) is 4.21 Å². The number of carbonyl (C=O) groups is 1. The number of aryl methyl sites for hydroxylation is 1. The molecule has 1 N–H and O–H groups in total. The summed E-state index contributed by atoms with van der Waals surface area (Å²) in [6.45, 7) is 0.933. The molecule has 2 aromatic rings. The van der Waals surface area contributed by atoms with Crippen molar-refractivity contribution in [2.75, 3.05) is 13.1 Å². The zero-order valence-corrected chi connectivity index (χ0v) is 16.2. The number of piperidine rings is 1. The van der Waals surface area contributed by atoms with Crippen molar-refractivity contribution in [3.63, 3.8) is 0 Å². The summed E-state index contributed by atoms with van der Waals surface area (Å²) in [6.07, 6.45) is 1.63. The third kappa shape index (κ3) is 5.12. The second-order valence-corrected chi connectivity index (χ2v) is 9.35. The summed E-state index contributed by atoms with van der Waals surface area (Å²) < 4.78 is 53.6. The predicted octanol–water partition coefficient (Wildman–Crippen LogP) is 2.93. The SMILES string of the molecule is O=C(CCc1ccc(F)c(F)c1)N1CCC(NS(=O)(=O)c2cccs2)CC1. The largest absolute Gasteiger partial charge is 0.343 e. The van der Waals surface area contributed by atoms with Crippen molar-refractivity contribution in [3.8, 4) is 0 Å². The number of carbonyl (C=O) groups excluding carboxylic acids is 1. The van der Waals surface area contributed by atoms with E-state index in [0.717, 1.165) is 12.1 Å². The molecular weight excluding hydrogens is 394 g/mol. The van der Waals surface area contributed by atoms with E-state index in [2.05, 4.69) is 4.72 Å². The molecule has 1 amide bonds. The minimum absolute atomic E-state index is 0.0701. The third-order valence-electron chi connectivity index (χ3n) is 4.54. The first-order chi connectivity index (χ1) is 12.8. The van der Waals surface area contributed by atoms with Crippen LogP contribution in [0, 0.1) is 11.6 Å². The summed E-state index contributed by atoms with van der Waals surface area (Å²) in [6, 6.07) is 6.68. The van der Waals surface area contributed by atoms with Crippen LogP contribution in [0.4, 0.5) is 8.78 Å². The zero-order chi connectivity index (χ0) is 19.4. The van der Waals surface area contributed by atoms with Crippen molar-refractivity contribution < 1.29 is 22.0 Å². The maximum atomic E-state index is 13.2. The van der Waals surface area contributed by atoms with Gasteiger partial charge in [-0.15, -0.1) is 11.3 Å². The minimum Gasteiger partial charge on any atom is -0.343 e. The Bertz CT molecular complexity index is 893. The summed E-state index contributed by atoms with van der Waals surface area (Å²) in [7, 11) is -3.51. The van der Waals surface area contributed by atoms with E-state index in [0.29, 0.717) is 37.9 Å². The van der Waals surface area contributed by atoms with E-state index in [4.69, 9.17) is 0 Å². The topological polar surface area (TPSA) is 66.5 Å². The van der Waals surface area contributed by atoms with Gasteiger partial charge in [-0.25, -0.2) is 21.9 Å². The van der Waals surface area contributed by atoms with E-state index < -0.39 is 21.7 Å². The van der Waals surface area contributed by atoms with Crippen LogP contribution in [-0.2, 0) is 21.2 Å². The maximum Gasteiger partial charge on any atom is 0.250 e. The molecule has 1 aromatic heterocycles. The van der Waals surface area contributed by atoms with Crippen molar-refractivity contribution in [1.82, 2.24) is 9.62 Å². The summed E-state index contributed by atoms with van der Waals surface area (Å²) >= 11 is 1.17. The number of rotatable bonds is 6. The molecule has 0 aliphatic carbocycles. The first-order valence-electron chi connectivity index (χ1n) is 8.63. The van der Waals surface area contributed by atoms with Crippen LogP contribution in [-0.4, -0.2) is 38.4 Å². The van der Waals surface area contributed by atoms with E-state index in [1.807, 2.05) is 0 Å². The Balaban J connectivity index is 1.47. The fourth-order valence-electron chi connectivity index (χ4n) is 3.05. The first-order valence-corrected chi connectivity index (χ1v) is 11.0. The molecule has 1 aliphatic heterocycles. The minimum atomic E-state index is -3.51. The normalized spacial score (nSPS) is 15.9. The molecule has 27 heavy (non-hydrogen) atoms. The Kier molecular flexibility index (Phi) is 6.23. The van der Waals surface area contributed by atoms with Crippen LogP contribution in [0.3, 0.4) is 0 Å². The molecule has 0 radical (unpaired) electrons. The van der Waals surface area contributed by atoms with E-state index in [1.54, 1.807) is 22.4 Å². The summed E-state index contributed by atoms with van der Waals surface area (Å²) in [5.41, 5.74) is 0.570. The second kappa shape index (κ2) is 8.45. The quantitative estimate of drug-likeness (QED) is 0.790. The van der Waals surface area contributed by atoms with Crippen LogP contribution in [0.15, 0.2) is 39.9 Å². The van der Waals surface area contributed by atoms with E-state index in [9.17, 15) is 22.0 Å². The average Bonchev–Trinajstić information content (AvgIpc) is 3.18. The predicted molar refractivity (Wildman–Crippen MR) is 98.9 cm³/mol. The molecule has 0 bridgehead atoms. The molecule has 1 aromatic carbocycles. The van der Waals surface area contributed by atoms with Gasteiger partial charge in [-0.2, -0.15) is 0 Å². The highest BCUT2D eigenvalue weighted by Gasteiger charge is 2.26. The molecule has 0 unspecified atom stereocenters. The number of amides is 1. The van der Waals surface area contributed by atoms with Crippen molar-refractivity contribution in [3.05, 3.63) is 52.9 Å². The Morgan fingerprint density at radius 2 is 1.93 bits per heavy atom. The van der Waals surface area contributed by atoms with E-state index >= 15 is 0 Å². The monoisotopic (exact) mass is 414 g/mol. The van der Waals surface area contributed by atoms with Gasteiger partial charge in [0.25, 0.3) is 0 Å². The van der Waals surface area contributed by atoms with Gasteiger partial charge < -0.3 is 4.90 Å². The Morgan fingerprint density at radius 1 is 1.19 bits per heavy atom. The van der Waals surface area contributed by atoms with Gasteiger partial charge in [0.15, 0.2) is 11.6 Å². The highest BCUT2D eigenvalue weighted by molar-refractivity contribution is 7.91. The number of hydrogen-bond donors (Lipinski definition) is 1. The van der Waals surface area contributed by atoms with E-state index in [-0.39, 0.29) is 22.6 Å². The third-order valence-corrected chi connectivity index (χ3v) is 7.46. The molecule has 0 spiro atoms. The molecule has 0 atom stereocenters. The lowest BCUT2D eigenvalue weighted by Gasteiger charge is -2.32. The molecular formula is C18H20F2N2O3S2. The molecule has 3 rings (SSSR count). The summed E-state index contributed by atoms with van der Waals surface area (Å²) in [5.74, 6) is -1.89. The Labute approximate surface area is 161 Å². The van der Waals surface area contributed by atoms with Crippen LogP contribution >= 0.6 is 11.3 Å². The average molecular weight is 414 g/mol. The smallest absolute Gasteiger partial charge is 0.250 e. The molecule has 146 valence electrons. The van der Waals surface area contributed by atoms with Gasteiger partial charge >= 0.3 is 0 Å². The lowest BCUT2D eigenvalue weighted by Crippen LogP contribution is -2.46. The van der Waals surface area contributed by atoms with E-state index in [1.165, 1.54) is 17.4 Å². The molecule has 5 nitrogen and oxygen atoms in total. The fourth-order valence-corrected chi connectivity index (χ4v) is 5.36. The van der Waals surface area contributed by atoms with Crippen molar-refractivity contribution in [2.45, 2.75) is 35.9 Å². The lowest BCUT2D eigenvalue weighted by atomic mass is 10.0. The van der Waals surface area contributed by atoms with Gasteiger partial charge in [0.05, 0.1) is 0 Å². The number of thiophene rings is 1. The first kappa shape index (κ1) is 19.9. The van der Waals surface area contributed by atoms with Crippen molar-refractivity contribution in [2.24, 2.45) is 0 Å². The number of sulfonamides is 1. The molecule has 0 saturated carbocycles. The van der Waals surface area contributed by atoms with Crippen molar-refractivity contribution >= 4 is 27.3 Å². The van der Waals surface area contributed by atoms with Gasteiger partial charge in [0, 0.05) is 25.6 Å². The molecule has 1 saturated heterocycles. The molecule has 1 aliphatic rings. The summed E-state index contributed by atoms with van der Waals surface area (Å²) in [4.78, 5) is 14.0. The number of nitrogens with zero attached hydrogens (tertiary/aromatic N) is 1. The molecule has 9 heteroatoms. The maximum absolute atomic E-state index is 13.2. The number of halogens is 2. The molecule has 1 fully saturated rings. The van der Waals surface area contributed by atoms with Gasteiger partial charge in [-0.1, -0.05) is 12.1 Å². The molecule has 2 heterocycles. The lowest BCUT2D eigenvalue weighted by molar-refractivity contribution is -0.132. The Hall–Kier alpha value is -1.84.